The van der Waals surface area contributed by atoms with Crippen LogP contribution in [0.2, 0.25) is 0 Å². The topological polar surface area (TPSA) is 55.6 Å². The number of fused-ring (bicyclic) bond motifs is 1. The summed E-state index contributed by atoms with van der Waals surface area (Å²) in [5.41, 5.74) is 3.47. The number of hydrogen-bond donors (Lipinski definition) is 1. The number of benzene rings is 2. The van der Waals surface area contributed by atoms with Gasteiger partial charge < -0.3 is 10.1 Å². The molecule has 4 aromatic rings. The first kappa shape index (κ1) is 19.2. The lowest BCUT2D eigenvalue weighted by molar-refractivity contribution is -0.133. The van der Waals surface area contributed by atoms with Crippen molar-refractivity contribution in [1.82, 2.24) is 9.38 Å². The monoisotopic (exact) mass is 449 g/mol. The smallest absolute Gasteiger partial charge is 0.310 e. The average molecular weight is 450 g/mol. The van der Waals surface area contributed by atoms with Crippen molar-refractivity contribution in [3.05, 3.63) is 83.0 Å². The first-order valence-electron chi connectivity index (χ1n) is 9.41. The van der Waals surface area contributed by atoms with Gasteiger partial charge in [0.05, 0.1) is 0 Å². The summed E-state index contributed by atoms with van der Waals surface area (Å²) in [7, 11) is 0. The summed E-state index contributed by atoms with van der Waals surface area (Å²) >= 11 is 3.54. The maximum Gasteiger partial charge on any atom is 0.310 e. The zero-order valence-corrected chi connectivity index (χ0v) is 17.5. The van der Waals surface area contributed by atoms with Crippen LogP contribution >= 0.6 is 15.9 Å². The molecule has 0 aliphatic rings. The predicted molar refractivity (Wildman–Crippen MR) is 118 cm³/mol. The minimum Gasteiger partial charge on any atom is -0.426 e. The molecule has 0 unspecified atom stereocenters. The van der Waals surface area contributed by atoms with E-state index in [0.717, 1.165) is 32.8 Å². The van der Waals surface area contributed by atoms with Crippen LogP contribution in [0.5, 0.6) is 5.75 Å². The van der Waals surface area contributed by atoms with E-state index in [4.69, 9.17) is 9.72 Å². The van der Waals surface area contributed by atoms with E-state index < -0.39 is 0 Å². The summed E-state index contributed by atoms with van der Waals surface area (Å²) in [6.07, 6.45) is 2.28. The number of nitrogens with one attached hydrogen (secondary N) is 1. The number of esters is 1. The van der Waals surface area contributed by atoms with Crippen molar-refractivity contribution in [2.24, 2.45) is 0 Å². The predicted octanol–water partition coefficient (Wildman–Crippen LogP) is 5.69. The molecule has 2 aromatic carbocycles. The highest BCUT2D eigenvalue weighted by molar-refractivity contribution is 9.10. The minimum atomic E-state index is -0.275. The Kier molecular flexibility index (Phi) is 5.62. The lowest BCUT2D eigenvalue weighted by Crippen LogP contribution is -2.07. The van der Waals surface area contributed by atoms with E-state index >= 15 is 0 Å². The normalized spacial score (nSPS) is 10.8. The highest BCUT2D eigenvalue weighted by Gasteiger charge is 2.19. The van der Waals surface area contributed by atoms with Crippen LogP contribution in [0.25, 0.3) is 16.9 Å². The Labute approximate surface area is 177 Å². The molecular weight excluding hydrogens is 430 g/mol. The number of ether oxygens (including phenoxy) is 1. The van der Waals surface area contributed by atoms with Crippen LogP contribution in [0.3, 0.4) is 0 Å². The van der Waals surface area contributed by atoms with Gasteiger partial charge in [-0.15, -0.1) is 0 Å². The molecule has 0 bridgehead atoms. The van der Waals surface area contributed by atoms with E-state index in [9.17, 15) is 4.79 Å². The van der Waals surface area contributed by atoms with E-state index in [2.05, 4.69) is 33.4 Å². The van der Waals surface area contributed by atoms with Crippen molar-refractivity contribution in [2.45, 2.75) is 19.9 Å². The number of para-hydroxylation sites is 1. The third-order valence-corrected chi connectivity index (χ3v) is 5.01. The van der Waals surface area contributed by atoms with Crippen LogP contribution in [0, 0.1) is 0 Å². The summed E-state index contributed by atoms with van der Waals surface area (Å²) in [5.74, 6) is 1.07. The number of carbonyl (C=O) groups is 1. The third-order valence-electron chi connectivity index (χ3n) is 4.54. The van der Waals surface area contributed by atoms with Crippen LogP contribution in [0.4, 0.5) is 5.82 Å². The van der Waals surface area contributed by atoms with Crippen molar-refractivity contribution < 1.29 is 9.53 Å². The number of carbonyl (C=O) groups excluding carboxylic acids is 1. The molecule has 4 rings (SSSR count). The van der Waals surface area contributed by atoms with Gasteiger partial charge in [-0.3, -0.25) is 9.20 Å². The molecule has 5 nitrogen and oxygen atoms in total. The lowest BCUT2D eigenvalue weighted by Gasteiger charge is -2.12. The number of hydrogen-bond acceptors (Lipinski definition) is 4. The van der Waals surface area contributed by atoms with Gasteiger partial charge in [0.15, 0.2) is 0 Å². The van der Waals surface area contributed by atoms with Crippen LogP contribution in [-0.2, 0) is 11.3 Å². The molecule has 29 heavy (non-hydrogen) atoms. The Hall–Kier alpha value is -3.12. The average Bonchev–Trinajstić information content (AvgIpc) is 3.10. The van der Waals surface area contributed by atoms with Crippen LogP contribution in [-0.4, -0.2) is 15.4 Å². The van der Waals surface area contributed by atoms with E-state index in [1.807, 2.05) is 59.1 Å². The Bertz CT molecular complexity index is 1160. The summed E-state index contributed by atoms with van der Waals surface area (Å²) in [6, 6.07) is 21.6. The Morgan fingerprint density at radius 1 is 1.07 bits per heavy atom. The van der Waals surface area contributed by atoms with Gasteiger partial charge in [-0.1, -0.05) is 49.4 Å². The molecule has 0 spiro atoms. The molecule has 2 aromatic heterocycles. The first-order valence-corrected chi connectivity index (χ1v) is 10.2. The van der Waals surface area contributed by atoms with Gasteiger partial charge in [-0.05, 0) is 45.8 Å². The maximum atomic E-state index is 11.9. The second-order valence-electron chi connectivity index (χ2n) is 6.55. The van der Waals surface area contributed by atoms with E-state index in [1.165, 1.54) is 0 Å². The van der Waals surface area contributed by atoms with Crippen molar-refractivity contribution in [3.63, 3.8) is 0 Å². The lowest BCUT2D eigenvalue weighted by atomic mass is 10.1. The quantitative estimate of drug-likeness (QED) is 0.303. The summed E-state index contributed by atoms with van der Waals surface area (Å²) in [6.45, 7) is 2.42. The maximum absolute atomic E-state index is 11.9. The van der Waals surface area contributed by atoms with Crippen LogP contribution in [0.1, 0.15) is 18.9 Å². The zero-order chi connectivity index (χ0) is 20.2. The van der Waals surface area contributed by atoms with Gasteiger partial charge >= 0.3 is 5.97 Å². The zero-order valence-electron chi connectivity index (χ0n) is 15.9. The van der Waals surface area contributed by atoms with Gasteiger partial charge in [0.1, 0.15) is 22.9 Å². The van der Waals surface area contributed by atoms with Crippen molar-refractivity contribution in [2.75, 3.05) is 5.32 Å². The standard InChI is InChI=1S/C23H20BrN3O2/c1-2-21(28)29-19-11-7-6-10-18(19)22-23(25-14-16-8-4-3-5-9-16)27-15-17(24)12-13-20(27)26-22/h3-13,15,25H,2,14H2,1H3. The Morgan fingerprint density at radius 3 is 2.62 bits per heavy atom. The summed E-state index contributed by atoms with van der Waals surface area (Å²) < 4.78 is 8.51. The van der Waals surface area contributed by atoms with E-state index in [1.54, 1.807) is 13.0 Å². The fraction of sp³-hybridized carbons (Fsp3) is 0.130. The van der Waals surface area contributed by atoms with Crippen LogP contribution < -0.4 is 10.1 Å². The number of pyridine rings is 1. The number of halogens is 1. The second-order valence-corrected chi connectivity index (χ2v) is 7.46. The molecule has 0 saturated carbocycles. The largest absolute Gasteiger partial charge is 0.426 e. The summed E-state index contributed by atoms with van der Waals surface area (Å²) in [5, 5.41) is 3.51. The second kappa shape index (κ2) is 8.49. The number of rotatable bonds is 6. The summed E-state index contributed by atoms with van der Waals surface area (Å²) in [4.78, 5) is 16.7. The number of aromatic nitrogens is 2. The van der Waals surface area contributed by atoms with Crippen molar-refractivity contribution >= 4 is 33.4 Å². The molecule has 146 valence electrons. The third kappa shape index (κ3) is 4.17. The van der Waals surface area contributed by atoms with Gasteiger partial charge in [-0.2, -0.15) is 0 Å². The molecule has 6 heteroatoms. The highest BCUT2D eigenvalue weighted by atomic mass is 79.9. The highest BCUT2D eigenvalue weighted by Crippen LogP contribution is 2.36. The molecule has 0 aliphatic heterocycles. The molecule has 0 atom stereocenters. The number of nitrogens with zero attached hydrogens (tertiary/aromatic N) is 2. The number of imidazole rings is 1. The number of anilines is 1. The van der Waals surface area contributed by atoms with Gasteiger partial charge in [0.2, 0.25) is 0 Å². The van der Waals surface area contributed by atoms with Crippen molar-refractivity contribution in [3.8, 4) is 17.0 Å². The Morgan fingerprint density at radius 2 is 1.83 bits per heavy atom. The van der Waals surface area contributed by atoms with Gasteiger partial charge in [-0.25, -0.2) is 4.98 Å². The van der Waals surface area contributed by atoms with Crippen LogP contribution in [0.15, 0.2) is 77.4 Å². The molecule has 0 aliphatic carbocycles. The minimum absolute atomic E-state index is 0.275. The molecule has 0 amide bonds. The fourth-order valence-corrected chi connectivity index (χ4v) is 3.44. The molecule has 0 fully saturated rings. The fourth-order valence-electron chi connectivity index (χ4n) is 3.10. The Balaban J connectivity index is 1.81. The molecule has 0 radical (unpaired) electrons. The molecular formula is C23H20BrN3O2. The SMILES string of the molecule is CCC(=O)Oc1ccccc1-c1nc2ccc(Br)cn2c1NCc1ccccc1. The van der Waals surface area contributed by atoms with Crippen molar-refractivity contribution in [1.29, 1.82) is 0 Å². The molecule has 2 heterocycles. The first-order chi connectivity index (χ1) is 14.2. The van der Waals surface area contributed by atoms with E-state index in [-0.39, 0.29) is 5.97 Å². The molecule has 1 N–H and O–H groups in total. The van der Waals surface area contributed by atoms with Gasteiger partial charge in [0, 0.05) is 29.2 Å². The molecule has 0 saturated heterocycles. The van der Waals surface area contributed by atoms with E-state index in [0.29, 0.717) is 18.7 Å². The van der Waals surface area contributed by atoms with Gasteiger partial charge in [0.25, 0.3) is 0 Å².